The summed E-state index contributed by atoms with van der Waals surface area (Å²) in [6.07, 6.45) is 4.03. The fourth-order valence-corrected chi connectivity index (χ4v) is 6.67. The van der Waals surface area contributed by atoms with Crippen LogP contribution in [0.5, 0.6) is 0 Å². The van der Waals surface area contributed by atoms with Crippen molar-refractivity contribution in [2.75, 3.05) is 16.3 Å². The fraction of sp³-hybridized carbons (Fsp3) is 0.0976. The minimum atomic E-state index is 0.656. The van der Waals surface area contributed by atoms with E-state index in [0.717, 1.165) is 36.4 Å². The maximum absolute atomic E-state index is 9.40. The summed E-state index contributed by atoms with van der Waals surface area (Å²) in [5.74, 6) is 0. The van der Waals surface area contributed by atoms with Crippen LogP contribution in [0.3, 0.4) is 0 Å². The number of benzene rings is 7. The summed E-state index contributed by atoms with van der Waals surface area (Å²) in [6, 6.07) is 47.6. The van der Waals surface area contributed by atoms with Gasteiger partial charge < -0.3 is 9.80 Å². The van der Waals surface area contributed by atoms with Crippen LogP contribution in [0.25, 0.3) is 32.3 Å². The van der Waals surface area contributed by atoms with Crippen molar-refractivity contribution in [3.8, 4) is 6.07 Å². The van der Waals surface area contributed by atoms with Crippen LogP contribution in [0.2, 0.25) is 0 Å². The van der Waals surface area contributed by atoms with Crippen LogP contribution in [0.15, 0.2) is 140 Å². The van der Waals surface area contributed by atoms with Crippen molar-refractivity contribution in [1.82, 2.24) is 0 Å². The predicted molar refractivity (Wildman–Crippen MR) is 187 cm³/mol. The SMILES string of the molecule is C=CC.N#Cc1ccc(N(c2ccccc2)c2ccc3ccc4c(N5CCCc6ccccc65)ccc5ccc2c3c54)cc1. The average molecular weight is 568 g/mol. The zero-order valence-corrected chi connectivity index (χ0v) is 24.9. The molecule has 3 nitrogen and oxygen atoms in total. The third-order valence-electron chi connectivity index (χ3n) is 8.53. The molecule has 0 radical (unpaired) electrons. The highest BCUT2D eigenvalue weighted by Gasteiger charge is 2.23. The third-order valence-corrected chi connectivity index (χ3v) is 8.53. The number of fused-ring (bicyclic) bond motifs is 1. The van der Waals surface area contributed by atoms with E-state index in [1.165, 1.54) is 49.3 Å². The van der Waals surface area contributed by atoms with Gasteiger partial charge in [-0.15, -0.1) is 6.58 Å². The molecule has 7 aromatic rings. The van der Waals surface area contributed by atoms with Crippen molar-refractivity contribution in [2.24, 2.45) is 0 Å². The van der Waals surface area contributed by atoms with Crippen molar-refractivity contribution in [3.63, 3.8) is 0 Å². The molecule has 0 spiro atoms. The first kappa shape index (κ1) is 27.3. The molecule has 1 heterocycles. The summed E-state index contributed by atoms with van der Waals surface area (Å²) < 4.78 is 0. The molecule has 1 aliphatic rings. The van der Waals surface area contributed by atoms with Gasteiger partial charge in [-0.25, -0.2) is 0 Å². The number of nitriles is 1. The Balaban J connectivity index is 0.00000100. The van der Waals surface area contributed by atoms with E-state index in [-0.39, 0.29) is 0 Å². The van der Waals surface area contributed by atoms with Gasteiger partial charge in [-0.2, -0.15) is 5.26 Å². The Hall–Kier alpha value is -5.59. The zero-order chi connectivity index (χ0) is 30.0. The molecule has 3 heteroatoms. The molecule has 0 amide bonds. The molecule has 0 aromatic heterocycles. The van der Waals surface area contributed by atoms with Gasteiger partial charge in [0.2, 0.25) is 0 Å². The molecule has 0 aliphatic carbocycles. The lowest BCUT2D eigenvalue weighted by Gasteiger charge is -2.33. The Morgan fingerprint density at radius 2 is 1.30 bits per heavy atom. The molecule has 0 atom stereocenters. The maximum atomic E-state index is 9.40. The summed E-state index contributed by atoms with van der Waals surface area (Å²) in [5.41, 5.74) is 7.91. The van der Waals surface area contributed by atoms with E-state index in [0.29, 0.717) is 5.56 Å². The van der Waals surface area contributed by atoms with E-state index in [9.17, 15) is 5.26 Å². The van der Waals surface area contributed by atoms with Crippen LogP contribution in [0.4, 0.5) is 28.4 Å². The largest absolute Gasteiger partial charge is 0.341 e. The van der Waals surface area contributed by atoms with Gasteiger partial charge in [0.25, 0.3) is 0 Å². The van der Waals surface area contributed by atoms with E-state index in [2.05, 4.69) is 120 Å². The number of hydrogen-bond donors (Lipinski definition) is 0. The van der Waals surface area contributed by atoms with Crippen LogP contribution in [-0.2, 0) is 6.42 Å². The molecule has 8 rings (SSSR count). The number of allylic oxidation sites excluding steroid dienone is 1. The minimum Gasteiger partial charge on any atom is -0.341 e. The fourth-order valence-electron chi connectivity index (χ4n) is 6.67. The van der Waals surface area contributed by atoms with Gasteiger partial charge in [-0.1, -0.05) is 78.9 Å². The summed E-state index contributed by atoms with van der Waals surface area (Å²) in [6.45, 7) is 6.27. The molecule has 0 saturated carbocycles. The summed E-state index contributed by atoms with van der Waals surface area (Å²) in [5, 5.41) is 17.0. The molecule has 0 N–H and O–H groups in total. The number of hydrogen-bond acceptors (Lipinski definition) is 3. The van der Waals surface area contributed by atoms with Crippen molar-refractivity contribution in [1.29, 1.82) is 5.26 Å². The van der Waals surface area contributed by atoms with Crippen LogP contribution < -0.4 is 9.80 Å². The quantitative estimate of drug-likeness (QED) is 0.157. The van der Waals surface area contributed by atoms with E-state index < -0.39 is 0 Å². The van der Waals surface area contributed by atoms with Crippen LogP contribution in [-0.4, -0.2) is 6.54 Å². The monoisotopic (exact) mass is 567 g/mol. The Morgan fingerprint density at radius 3 is 2.05 bits per heavy atom. The van der Waals surface area contributed by atoms with Crippen molar-refractivity contribution in [3.05, 3.63) is 151 Å². The molecule has 212 valence electrons. The van der Waals surface area contributed by atoms with Gasteiger partial charge >= 0.3 is 0 Å². The Bertz CT molecular complexity index is 2140. The molecule has 44 heavy (non-hydrogen) atoms. The number of para-hydroxylation sites is 2. The predicted octanol–water partition coefficient (Wildman–Crippen LogP) is 11.2. The number of anilines is 5. The maximum Gasteiger partial charge on any atom is 0.0991 e. The molecule has 7 aromatic carbocycles. The number of nitrogens with zero attached hydrogens (tertiary/aromatic N) is 3. The molecule has 1 aliphatic heterocycles. The van der Waals surface area contributed by atoms with Gasteiger partial charge in [0.1, 0.15) is 0 Å². The molecular formula is C41H33N3. The highest BCUT2D eigenvalue weighted by molar-refractivity contribution is 6.27. The summed E-state index contributed by atoms with van der Waals surface area (Å²) >= 11 is 0. The number of aryl methyl sites for hydroxylation is 1. The van der Waals surface area contributed by atoms with Gasteiger partial charge in [-0.3, -0.25) is 0 Å². The second-order valence-electron chi connectivity index (χ2n) is 11.2. The molecule has 0 saturated heterocycles. The summed E-state index contributed by atoms with van der Waals surface area (Å²) in [7, 11) is 0. The minimum absolute atomic E-state index is 0.656. The Labute approximate surface area is 258 Å². The topological polar surface area (TPSA) is 30.3 Å². The smallest absolute Gasteiger partial charge is 0.0991 e. The van der Waals surface area contributed by atoms with E-state index in [4.69, 9.17) is 0 Å². The second-order valence-corrected chi connectivity index (χ2v) is 11.2. The molecular weight excluding hydrogens is 534 g/mol. The van der Waals surface area contributed by atoms with E-state index in [1.807, 2.05) is 37.3 Å². The summed E-state index contributed by atoms with van der Waals surface area (Å²) in [4.78, 5) is 4.81. The van der Waals surface area contributed by atoms with Gasteiger partial charge in [0.15, 0.2) is 0 Å². The lowest BCUT2D eigenvalue weighted by Crippen LogP contribution is -2.24. The van der Waals surface area contributed by atoms with Gasteiger partial charge in [-0.05, 0) is 101 Å². The molecule has 0 bridgehead atoms. The Kier molecular flexibility index (Phi) is 7.18. The first-order valence-corrected chi connectivity index (χ1v) is 15.2. The van der Waals surface area contributed by atoms with E-state index in [1.54, 1.807) is 6.08 Å². The van der Waals surface area contributed by atoms with Crippen molar-refractivity contribution >= 4 is 60.8 Å². The van der Waals surface area contributed by atoms with Crippen molar-refractivity contribution < 1.29 is 0 Å². The lowest BCUT2D eigenvalue weighted by molar-refractivity contribution is 0.768. The first-order valence-electron chi connectivity index (χ1n) is 15.2. The zero-order valence-electron chi connectivity index (χ0n) is 24.9. The van der Waals surface area contributed by atoms with Crippen molar-refractivity contribution in [2.45, 2.75) is 19.8 Å². The first-order chi connectivity index (χ1) is 21.7. The second kappa shape index (κ2) is 11.6. The third kappa shape index (κ3) is 4.62. The lowest BCUT2D eigenvalue weighted by atomic mass is 9.91. The molecule has 0 fully saturated rings. The molecule has 0 unspecified atom stereocenters. The normalized spacial score (nSPS) is 12.4. The van der Waals surface area contributed by atoms with Crippen LogP contribution in [0.1, 0.15) is 24.5 Å². The highest BCUT2D eigenvalue weighted by atomic mass is 15.1. The Morgan fingerprint density at radius 1 is 0.682 bits per heavy atom. The van der Waals surface area contributed by atoms with Crippen LogP contribution in [0, 0.1) is 11.3 Å². The highest BCUT2D eigenvalue weighted by Crippen LogP contribution is 2.46. The average Bonchev–Trinajstić information content (AvgIpc) is 3.08. The number of rotatable bonds is 4. The van der Waals surface area contributed by atoms with E-state index >= 15 is 0 Å². The van der Waals surface area contributed by atoms with Crippen LogP contribution >= 0.6 is 0 Å². The standard InChI is InChI=1S/C38H27N3.C3H6/c39-25-26-12-18-31(19-13-26)41(30-9-2-1-3-10-30)36-23-17-29-14-20-32-35(22-16-28-15-21-33(36)38(29)37(28)32)40-24-6-8-27-7-4-5-11-34(27)40;1-3-2/h1-5,7,9-23H,6,8,24H2;3H,1H2,2H3. The van der Waals surface area contributed by atoms with Gasteiger partial charge in [0.05, 0.1) is 17.3 Å². The van der Waals surface area contributed by atoms with Gasteiger partial charge in [0, 0.05) is 40.1 Å².